The van der Waals surface area contributed by atoms with Gasteiger partial charge in [0.25, 0.3) is 5.91 Å². The lowest BCUT2D eigenvalue weighted by Gasteiger charge is -2.09. The van der Waals surface area contributed by atoms with Crippen LogP contribution in [0.3, 0.4) is 0 Å². The van der Waals surface area contributed by atoms with Crippen molar-refractivity contribution in [1.29, 1.82) is 0 Å². The largest absolute Gasteiger partial charge is 0.348 e. The van der Waals surface area contributed by atoms with Crippen molar-refractivity contribution >= 4 is 27.3 Å². The first-order valence-corrected chi connectivity index (χ1v) is 10.8. The third-order valence-electron chi connectivity index (χ3n) is 4.48. The Morgan fingerprint density at radius 2 is 1.82 bits per heavy atom. The van der Waals surface area contributed by atoms with Gasteiger partial charge in [0, 0.05) is 24.1 Å². The van der Waals surface area contributed by atoms with E-state index in [9.17, 15) is 13.2 Å². The second-order valence-corrected chi connectivity index (χ2v) is 8.92. The molecule has 0 atom stereocenters. The Hall–Kier alpha value is -2.64. The minimum absolute atomic E-state index is 0.0475. The number of sulfone groups is 1. The highest BCUT2D eigenvalue weighted by Gasteiger charge is 2.17. The van der Waals surface area contributed by atoms with Crippen LogP contribution in [0, 0.1) is 13.8 Å². The Kier molecular flexibility index (Phi) is 5.58. The van der Waals surface area contributed by atoms with Gasteiger partial charge in [-0.1, -0.05) is 29.8 Å². The van der Waals surface area contributed by atoms with E-state index < -0.39 is 15.7 Å². The van der Waals surface area contributed by atoms with Gasteiger partial charge < -0.3 is 5.32 Å². The van der Waals surface area contributed by atoms with Gasteiger partial charge in [0.2, 0.25) is 0 Å². The number of nitrogens with one attached hydrogen (secondary N) is 1. The number of halogens is 1. The monoisotopic (exact) mass is 417 g/mol. The van der Waals surface area contributed by atoms with Crippen LogP contribution in [0.5, 0.6) is 0 Å². The van der Waals surface area contributed by atoms with Crippen molar-refractivity contribution < 1.29 is 13.2 Å². The van der Waals surface area contributed by atoms with Crippen LogP contribution in [0.1, 0.15) is 27.3 Å². The molecule has 1 N–H and O–H groups in total. The smallest absolute Gasteiger partial charge is 0.253 e. The zero-order chi connectivity index (χ0) is 20.5. The van der Waals surface area contributed by atoms with Crippen LogP contribution in [-0.2, 0) is 16.4 Å². The first kappa shape index (κ1) is 20.1. The Bertz CT molecular complexity index is 1140. The van der Waals surface area contributed by atoms with Crippen LogP contribution >= 0.6 is 11.6 Å². The van der Waals surface area contributed by atoms with Crippen LogP contribution in [-0.4, -0.2) is 30.4 Å². The first-order chi connectivity index (χ1) is 13.2. The fourth-order valence-corrected chi connectivity index (χ4v) is 3.77. The maximum atomic E-state index is 12.6. The summed E-state index contributed by atoms with van der Waals surface area (Å²) in [5.74, 6) is -0.443. The molecule has 28 heavy (non-hydrogen) atoms. The normalized spacial score (nSPS) is 11.4. The molecule has 0 fully saturated rings. The number of para-hydroxylation sites is 1. The lowest BCUT2D eigenvalue weighted by atomic mass is 10.1. The highest BCUT2D eigenvalue weighted by atomic mass is 35.5. The van der Waals surface area contributed by atoms with Crippen molar-refractivity contribution in [3.63, 3.8) is 0 Å². The minimum atomic E-state index is -3.44. The number of benzene rings is 2. The Balaban J connectivity index is 1.84. The Morgan fingerprint density at radius 3 is 2.46 bits per heavy atom. The SMILES string of the molecule is Cc1nn(-c2ccccc2)c(C)c1CNC(=O)c1cc(S(C)(=O)=O)ccc1Cl. The zero-order valence-electron chi connectivity index (χ0n) is 15.7. The van der Waals surface area contributed by atoms with Gasteiger partial charge in [0.15, 0.2) is 9.84 Å². The molecule has 3 rings (SSSR count). The predicted molar refractivity (Wildman–Crippen MR) is 109 cm³/mol. The molecule has 0 unspecified atom stereocenters. The van der Waals surface area contributed by atoms with E-state index in [0.717, 1.165) is 28.9 Å². The maximum absolute atomic E-state index is 12.6. The van der Waals surface area contributed by atoms with E-state index in [1.807, 2.05) is 48.9 Å². The predicted octanol–water partition coefficient (Wildman–Crippen LogP) is 3.48. The van der Waals surface area contributed by atoms with Gasteiger partial charge in [-0.2, -0.15) is 5.10 Å². The number of hydrogen-bond acceptors (Lipinski definition) is 4. The molecule has 6 nitrogen and oxygen atoms in total. The summed E-state index contributed by atoms with van der Waals surface area (Å²) in [6.07, 6.45) is 1.09. The summed E-state index contributed by atoms with van der Waals surface area (Å²) < 4.78 is 25.3. The molecule has 1 amide bonds. The molecule has 0 spiro atoms. The van der Waals surface area contributed by atoms with Crippen LogP contribution in [0.25, 0.3) is 5.69 Å². The number of hydrogen-bond donors (Lipinski definition) is 1. The van der Waals surface area contributed by atoms with Gasteiger partial charge >= 0.3 is 0 Å². The van der Waals surface area contributed by atoms with Crippen LogP contribution in [0.15, 0.2) is 53.4 Å². The molecule has 0 bridgehead atoms. The van der Waals surface area contributed by atoms with E-state index in [0.29, 0.717) is 0 Å². The molecule has 146 valence electrons. The van der Waals surface area contributed by atoms with Crippen molar-refractivity contribution in [3.05, 3.63) is 76.1 Å². The van der Waals surface area contributed by atoms with E-state index in [-0.39, 0.29) is 22.0 Å². The van der Waals surface area contributed by atoms with E-state index in [1.54, 1.807) is 0 Å². The molecule has 2 aromatic carbocycles. The topological polar surface area (TPSA) is 81.1 Å². The third kappa shape index (κ3) is 4.10. The van der Waals surface area contributed by atoms with Crippen molar-refractivity contribution in [3.8, 4) is 5.69 Å². The number of carbonyl (C=O) groups excluding carboxylic acids is 1. The van der Waals surface area contributed by atoms with Crippen molar-refractivity contribution in [2.75, 3.05) is 6.26 Å². The first-order valence-electron chi connectivity index (χ1n) is 8.57. The Morgan fingerprint density at radius 1 is 1.14 bits per heavy atom. The molecular weight excluding hydrogens is 398 g/mol. The summed E-state index contributed by atoms with van der Waals surface area (Å²) in [6, 6.07) is 13.8. The van der Waals surface area contributed by atoms with Gasteiger partial charge in [0.1, 0.15) is 0 Å². The molecule has 0 aliphatic rings. The molecule has 0 radical (unpaired) electrons. The average molecular weight is 418 g/mol. The maximum Gasteiger partial charge on any atom is 0.253 e. The van der Waals surface area contributed by atoms with Crippen molar-refractivity contribution in [1.82, 2.24) is 15.1 Å². The van der Waals surface area contributed by atoms with E-state index in [1.165, 1.54) is 18.2 Å². The molecule has 1 heterocycles. The molecule has 0 saturated carbocycles. The third-order valence-corrected chi connectivity index (χ3v) is 5.92. The number of rotatable bonds is 5. The lowest BCUT2D eigenvalue weighted by molar-refractivity contribution is 0.0951. The molecule has 0 aliphatic heterocycles. The van der Waals surface area contributed by atoms with Gasteiger partial charge in [-0.3, -0.25) is 4.79 Å². The van der Waals surface area contributed by atoms with E-state index in [4.69, 9.17) is 11.6 Å². The van der Waals surface area contributed by atoms with Gasteiger partial charge in [0.05, 0.1) is 26.9 Å². The summed E-state index contributed by atoms with van der Waals surface area (Å²) in [7, 11) is -3.44. The van der Waals surface area contributed by atoms with Crippen LogP contribution in [0.4, 0.5) is 0 Å². The number of aryl methyl sites for hydroxylation is 1. The highest BCUT2D eigenvalue weighted by molar-refractivity contribution is 7.90. The summed E-state index contributed by atoms with van der Waals surface area (Å²) in [5.41, 5.74) is 3.67. The second-order valence-electron chi connectivity index (χ2n) is 6.49. The molecule has 3 aromatic rings. The van der Waals surface area contributed by atoms with Crippen molar-refractivity contribution in [2.24, 2.45) is 0 Å². The summed E-state index contributed by atoms with van der Waals surface area (Å²) in [5, 5.41) is 7.56. The summed E-state index contributed by atoms with van der Waals surface area (Å²) in [6.45, 7) is 4.07. The summed E-state index contributed by atoms with van der Waals surface area (Å²) >= 11 is 6.10. The van der Waals surface area contributed by atoms with Gasteiger partial charge in [-0.05, 0) is 44.2 Å². The molecule has 0 saturated heterocycles. The van der Waals surface area contributed by atoms with Crippen LogP contribution in [0.2, 0.25) is 5.02 Å². The minimum Gasteiger partial charge on any atom is -0.348 e. The molecule has 1 aromatic heterocycles. The lowest BCUT2D eigenvalue weighted by Crippen LogP contribution is -2.24. The number of carbonyl (C=O) groups is 1. The fraction of sp³-hybridized carbons (Fsp3) is 0.200. The van der Waals surface area contributed by atoms with E-state index >= 15 is 0 Å². The average Bonchev–Trinajstić information content (AvgIpc) is 2.94. The van der Waals surface area contributed by atoms with E-state index in [2.05, 4.69) is 10.4 Å². The number of nitrogens with zero attached hydrogens (tertiary/aromatic N) is 2. The molecule has 8 heteroatoms. The zero-order valence-corrected chi connectivity index (χ0v) is 17.3. The fourth-order valence-electron chi connectivity index (χ4n) is 2.92. The summed E-state index contributed by atoms with van der Waals surface area (Å²) in [4.78, 5) is 12.6. The van der Waals surface area contributed by atoms with Gasteiger partial charge in [-0.15, -0.1) is 0 Å². The highest BCUT2D eigenvalue weighted by Crippen LogP contribution is 2.22. The standard InChI is InChI=1S/C20H20ClN3O3S/c1-13-18(14(2)24(23-13)15-7-5-4-6-8-15)12-22-20(25)17-11-16(28(3,26)27)9-10-19(17)21/h4-11H,12H2,1-3H3,(H,22,25). The van der Waals surface area contributed by atoms with Crippen molar-refractivity contribution in [2.45, 2.75) is 25.3 Å². The molecular formula is C20H20ClN3O3S. The number of amides is 1. The quantitative estimate of drug-likeness (QED) is 0.689. The van der Waals surface area contributed by atoms with Crippen LogP contribution < -0.4 is 5.32 Å². The Labute approximate surface area is 169 Å². The molecule has 0 aliphatic carbocycles. The number of aromatic nitrogens is 2. The second kappa shape index (κ2) is 7.77. The van der Waals surface area contributed by atoms with Gasteiger partial charge in [-0.25, -0.2) is 13.1 Å².